The zero-order valence-corrected chi connectivity index (χ0v) is 13.9. The van der Waals surface area contributed by atoms with Crippen molar-refractivity contribution in [3.63, 3.8) is 0 Å². The molecular formula is C19H27NO. The first-order valence-corrected chi connectivity index (χ1v) is 7.87. The van der Waals surface area contributed by atoms with Gasteiger partial charge < -0.3 is 9.73 Å². The molecule has 1 N–H and O–H groups in total. The van der Waals surface area contributed by atoms with Gasteiger partial charge in [-0.15, -0.1) is 0 Å². The molecule has 2 nitrogen and oxygen atoms in total. The van der Waals surface area contributed by atoms with Crippen LogP contribution in [0.1, 0.15) is 53.2 Å². The van der Waals surface area contributed by atoms with E-state index in [1.165, 1.54) is 22.3 Å². The van der Waals surface area contributed by atoms with E-state index >= 15 is 0 Å². The SMILES string of the molecule is CCCNC(Cc1cc(C)ccc1C)c1cc(C)oc1C. The van der Waals surface area contributed by atoms with Crippen LogP contribution in [0.4, 0.5) is 0 Å². The van der Waals surface area contributed by atoms with Crippen molar-refractivity contribution in [3.8, 4) is 0 Å². The van der Waals surface area contributed by atoms with E-state index in [1.807, 2.05) is 6.92 Å². The van der Waals surface area contributed by atoms with Gasteiger partial charge in [-0.2, -0.15) is 0 Å². The maximum atomic E-state index is 5.73. The molecule has 0 aliphatic rings. The Morgan fingerprint density at radius 1 is 1.10 bits per heavy atom. The number of hydrogen-bond donors (Lipinski definition) is 1. The van der Waals surface area contributed by atoms with Crippen molar-refractivity contribution in [1.29, 1.82) is 0 Å². The molecule has 0 radical (unpaired) electrons. The average molecular weight is 285 g/mol. The van der Waals surface area contributed by atoms with Gasteiger partial charge in [-0.1, -0.05) is 30.7 Å². The molecule has 2 aromatic rings. The quantitative estimate of drug-likeness (QED) is 0.825. The maximum absolute atomic E-state index is 5.73. The number of nitrogens with one attached hydrogen (secondary N) is 1. The first kappa shape index (κ1) is 15.8. The second-order valence-electron chi connectivity index (χ2n) is 6.01. The summed E-state index contributed by atoms with van der Waals surface area (Å²) in [6.45, 7) is 11.7. The predicted octanol–water partition coefficient (Wildman–Crippen LogP) is 4.80. The Hall–Kier alpha value is -1.54. The van der Waals surface area contributed by atoms with Crippen molar-refractivity contribution in [1.82, 2.24) is 5.32 Å². The Bertz CT molecular complexity index is 598. The number of furan rings is 1. The molecule has 1 atom stereocenters. The van der Waals surface area contributed by atoms with Gasteiger partial charge in [0.15, 0.2) is 0 Å². The lowest BCUT2D eigenvalue weighted by Crippen LogP contribution is -2.24. The zero-order valence-electron chi connectivity index (χ0n) is 13.9. The minimum Gasteiger partial charge on any atom is -0.466 e. The highest BCUT2D eigenvalue weighted by Crippen LogP contribution is 2.26. The van der Waals surface area contributed by atoms with Gasteiger partial charge in [0.25, 0.3) is 0 Å². The van der Waals surface area contributed by atoms with Crippen molar-refractivity contribution in [2.75, 3.05) is 6.54 Å². The Kier molecular flexibility index (Phi) is 5.24. The smallest absolute Gasteiger partial charge is 0.105 e. The van der Waals surface area contributed by atoms with Crippen molar-refractivity contribution >= 4 is 0 Å². The van der Waals surface area contributed by atoms with Crippen LogP contribution in [0.15, 0.2) is 28.7 Å². The molecule has 0 aliphatic carbocycles. The molecule has 0 fully saturated rings. The molecule has 0 amide bonds. The lowest BCUT2D eigenvalue weighted by molar-refractivity contribution is 0.480. The predicted molar refractivity (Wildman–Crippen MR) is 88.8 cm³/mol. The van der Waals surface area contributed by atoms with E-state index < -0.39 is 0 Å². The number of rotatable bonds is 6. The lowest BCUT2D eigenvalue weighted by Gasteiger charge is -2.20. The van der Waals surface area contributed by atoms with Crippen LogP contribution in [0.2, 0.25) is 0 Å². The van der Waals surface area contributed by atoms with Crippen LogP contribution >= 0.6 is 0 Å². The van der Waals surface area contributed by atoms with E-state index in [1.54, 1.807) is 0 Å². The summed E-state index contributed by atoms with van der Waals surface area (Å²) in [6.07, 6.45) is 2.15. The monoisotopic (exact) mass is 285 g/mol. The number of aryl methyl sites for hydroxylation is 4. The fraction of sp³-hybridized carbons (Fsp3) is 0.474. The molecule has 2 heteroatoms. The number of benzene rings is 1. The van der Waals surface area contributed by atoms with Gasteiger partial charge in [0, 0.05) is 11.6 Å². The van der Waals surface area contributed by atoms with Crippen molar-refractivity contribution in [3.05, 3.63) is 58.0 Å². The van der Waals surface area contributed by atoms with Crippen LogP contribution in [-0.4, -0.2) is 6.54 Å². The second kappa shape index (κ2) is 6.95. The van der Waals surface area contributed by atoms with Crippen LogP contribution in [0.25, 0.3) is 0 Å². The molecule has 21 heavy (non-hydrogen) atoms. The summed E-state index contributed by atoms with van der Waals surface area (Å²) in [5.74, 6) is 2.03. The highest BCUT2D eigenvalue weighted by Gasteiger charge is 2.18. The molecule has 0 spiro atoms. The summed E-state index contributed by atoms with van der Waals surface area (Å²) in [7, 11) is 0. The third-order valence-corrected chi connectivity index (χ3v) is 4.02. The van der Waals surface area contributed by atoms with Gasteiger partial charge in [-0.3, -0.25) is 0 Å². The van der Waals surface area contributed by atoms with E-state index in [0.29, 0.717) is 6.04 Å². The van der Waals surface area contributed by atoms with E-state index in [4.69, 9.17) is 4.42 Å². The van der Waals surface area contributed by atoms with Crippen LogP contribution < -0.4 is 5.32 Å². The second-order valence-corrected chi connectivity index (χ2v) is 6.01. The summed E-state index contributed by atoms with van der Waals surface area (Å²) in [5.41, 5.74) is 5.40. The molecule has 0 bridgehead atoms. The first-order valence-electron chi connectivity index (χ1n) is 7.87. The van der Waals surface area contributed by atoms with Gasteiger partial charge in [-0.05, 0) is 64.3 Å². The summed E-state index contributed by atoms with van der Waals surface area (Å²) in [6, 6.07) is 9.20. The third-order valence-electron chi connectivity index (χ3n) is 4.02. The first-order chi connectivity index (χ1) is 10.0. The van der Waals surface area contributed by atoms with Gasteiger partial charge >= 0.3 is 0 Å². The largest absolute Gasteiger partial charge is 0.466 e. The minimum atomic E-state index is 0.322. The Morgan fingerprint density at radius 3 is 2.48 bits per heavy atom. The molecular weight excluding hydrogens is 258 g/mol. The normalized spacial score (nSPS) is 12.6. The molecule has 0 aliphatic heterocycles. The van der Waals surface area contributed by atoms with Crippen molar-refractivity contribution in [2.45, 2.75) is 53.5 Å². The maximum Gasteiger partial charge on any atom is 0.105 e. The zero-order chi connectivity index (χ0) is 15.4. The highest BCUT2D eigenvalue weighted by atomic mass is 16.3. The van der Waals surface area contributed by atoms with E-state index in [-0.39, 0.29) is 0 Å². The van der Waals surface area contributed by atoms with Crippen LogP contribution in [0.5, 0.6) is 0 Å². The Morgan fingerprint density at radius 2 is 1.86 bits per heavy atom. The summed E-state index contributed by atoms with van der Waals surface area (Å²) >= 11 is 0. The fourth-order valence-corrected chi connectivity index (χ4v) is 2.85. The standard InChI is InChI=1S/C19H27NO/c1-6-9-20-19(18-11-15(4)21-16(18)5)12-17-10-13(2)7-8-14(17)3/h7-8,10-11,19-20H,6,9,12H2,1-5H3. The molecule has 1 unspecified atom stereocenters. The molecule has 0 saturated heterocycles. The van der Waals surface area contributed by atoms with Crippen molar-refractivity contribution in [2.24, 2.45) is 0 Å². The molecule has 1 heterocycles. The lowest BCUT2D eigenvalue weighted by atomic mass is 9.95. The van der Waals surface area contributed by atoms with Crippen LogP contribution in [0.3, 0.4) is 0 Å². The third kappa shape index (κ3) is 3.98. The van der Waals surface area contributed by atoms with E-state index in [0.717, 1.165) is 30.9 Å². The summed E-state index contributed by atoms with van der Waals surface area (Å²) in [5, 5.41) is 3.68. The van der Waals surface area contributed by atoms with Gasteiger partial charge in [0.05, 0.1) is 0 Å². The number of hydrogen-bond acceptors (Lipinski definition) is 2. The van der Waals surface area contributed by atoms with Gasteiger partial charge in [0.2, 0.25) is 0 Å². The van der Waals surface area contributed by atoms with Crippen LogP contribution in [-0.2, 0) is 6.42 Å². The fourth-order valence-electron chi connectivity index (χ4n) is 2.85. The van der Waals surface area contributed by atoms with E-state index in [2.05, 4.69) is 57.3 Å². The van der Waals surface area contributed by atoms with Crippen molar-refractivity contribution < 1.29 is 4.42 Å². The summed E-state index contributed by atoms with van der Waals surface area (Å²) < 4.78 is 5.73. The molecule has 1 aromatic carbocycles. The topological polar surface area (TPSA) is 25.2 Å². The molecule has 1 aromatic heterocycles. The van der Waals surface area contributed by atoms with Gasteiger partial charge in [0.1, 0.15) is 11.5 Å². The molecule has 2 rings (SSSR count). The minimum absolute atomic E-state index is 0.322. The van der Waals surface area contributed by atoms with E-state index in [9.17, 15) is 0 Å². The highest BCUT2D eigenvalue weighted by molar-refractivity contribution is 5.33. The molecule has 114 valence electrons. The molecule has 0 saturated carbocycles. The van der Waals surface area contributed by atoms with Gasteiger partial charge in [-0.25, -0.2) is 0 Å². The average Bonchev–Trinajstić information content (AvgIpc) is 2.77. The Balaban J connectivity index is 2.28. The Labute approximate surface area is 128 Å². The van der Waals surface area contributed by atoms with Crippen LogP contribution in [0, 0.1) is 27.7 Å². The summed E-state index contributed by atoms with van der Waals surface area (Å²) in [4.78, 5) is 0.